The lowest BCUT2D eigenvalue weighted by molar-refractivity contribution is 0.340. The summed E-state index contributed by atoms with van der Waals surface area (Å²) in [6, 6.07) is 21.5. The maximum Gasteiger partial charge on any atom is 0.271 e. The summed E-state index contributed by atoms with van der Waals surface area (Å²) in [4.78, 5) is 19.6. The zero-order valence-electron chi connectivity index (χ0n) is 19.5. The number of halogens is 2. The molecule has 1 atom stereocenters. The average molecular weight is 533 g/mol. The minimum atomic E-state index is -0.233. The number of benzene rings is 3. The summed E-state index contributed by atoms with van der Waals surface area (Å²) in [6.45, 7) is 2.57. The number of hydrogen-bond acceptors (Lipinski definition) is 4. The Hall–Kier alpha value is -3.12. The van der Waals surface area contributed by atoms with Crippen molar-refractivity contribution in [2.45, 2.75) is 25.8 Å². The zero-order chi connectivity index (χ0) is 24.8. The Morgan fingerprint density at radius 1 is 1.08 bits per heavy atom. The summed E-state index contributed by atoms with van der Waals surface area (Å²) in [5.41, 5.74) is 6.30. The molecule has 4 aromatic rings. The number of aryl methyl sites for hydroxylation is 1. The van der Waals surface area contributed by atoms with Crippen LogP contribution < -0.4 is 19.6 Å². The fourth-order valence-corrected chi connectivity index (χ4v) is 6.45. The van der Waals surface area contributed by atoms with E-state index in [0.717, 1.165) is 41.0 Å². The molecule has 36 heavy (non-hydrogen) atoms. The maximum atomic E-state index is 13.8. The van der Waals surface area contributed by atoms with Gasteiger partial charge in [-0.3, -0.25) is 9.36 Å². The Kier molecular flexibility index (Phi) is 6.08. The Bertz CT molecular complexity index is 1700. The van der Waals surface area contributed by atoms with Crippen LogP contribution in [0.3, 0.4) is 0 Å². The van der Waals surface area contributed by atoms with Crippen LogP contribution in [-0.4, -0.2) is 11.2 Å². The Balaban J connectivity index is 1.59. The van der Waals surface area contributed by atoms with E-state index in [2.05, 4.69) is 30.3 Å². The number of ether oxygens (including phenoxy) is 1. The minimum Gasteiger partial charge on any atom is -0.494 e. The first-order valence-corrected chi connectivity index (χ1v) is 13.4. The predicted molar refractivity (Wildman–Crippen MR) is 147 cm³/mol. The Morgan fingerprint density at radius 2 is 1.89 bits per heavy atom. The second-order valence-electron chi connectivity index (χ2n) is 8.78. The van der Waals surface area contributed by atoms with Crippen molar-refractivity contribution in [1.82, 2.24) is 4.57 Å². The second-order valence-corrected chi connectivity index (χ2v) is 10.6. The van der Waals surface area contributed by atoms with Gasteiger partial charge in [-0.2, -0.15) is 0 Å². The van der Waals surface area contributed by atoms with Crippen LogP contribution in [-0.2, 0) is 6.42 Å². The second kappa shape index (κ2) is 9.40. The number of thiazole rings is 1. The maximum absolute atomic E-state index is 13.8. The molecule has 0 radical (unpaired) electrons. The number of hydrogen-bond donors (Lipinski definition) is 0. The molecule has 1 aliphatic heterocycles. The van der Waals surface area contributed by atoms with Crippen LogP contribution in [0.15, 0.2) is 82.1 Å². The molecule has 0 saturated heterocycles. The molecule has 0 N–H and O–H groups in total. The van der Waals surface area contributed by atoms with Gasteiger partial charge < -0.3 is 4.74 Å². The molecule has 3 aromatic carbocycles. The van der Waals surface area contributed by atoms with Gasteiger partial charge in [0.1, 0.15) is 5.75 Å². The molecule has 4 nitrogen and oxygen atoms in total. The van der Waals surface area contributed by atoms with Gasteiger partial charge >= 0.3 is 0 Å². The largest absolute Gasteiger partial charge is 0.494 e. The smallest absolute Gasteiger partial charge is 0.271 e. The van der Waals surface area contributed by atoms with E-state index in [4.69, 9.17) is 32.9 Å². The quantitative estimate of drug-likeness (QED) is 0.322. The van der Waals surface area contributed by atoms with Gasteiger partial charge in [0.2, 0.25) is 0 Å². The van der Waals surface area contributed by atoms with Gasteiger partial charge in [0.25, 0.3) is 5.56 Å². The van der Waals surface area contributed by atoms with Gasteiger partial charge in [0, 0.05) is 15.6 Å². The summed E-state index contributed by atoms with van der Waals surface area (Å²) in [6.07, 6.45) is 3.60. The van der Waals surface area contributed by atoms with Crippen LogP contribution in [0.2, 0.25) is 10.0 Å². The molecule has 7 heteroatoms. The van der Waals surface area contributed by atoms with Crippen molar-refractivity contribution >= 4 is 46.3 Å². The van der Waals surface area contributed by atoms with Gasteiger partial charge in [-0.25, -0.2) is 4.99 Å². The molecule has 1 aliphatic carbocycles. The normalized spacial score (nSPS) is 16.8. The molecule has 0 amide bonds. The molecular formula is C29H22Cl2N2O2S. The van der Waals surface area contributed by atoms with Crippen molar-refractivity contribution in [3.05, 3.63) is 124 Å². The zero-order valence-corrected chi connectivity index (χ0v) is 21.8. The van der Waals surface area contributed by atoms with E-state index in [9.17, 15) is 4.79 Å². The van der Waals surface area contributed by atoms with Crippen molar-refractivity contribution in [3.63, 3.8) is 0 Å². The van der Waals surface area contributed by atoms with Crippen LogP contribution in [0.5, 0.6) is 5.75 Å². The van der Waals surface area contributed by atoms with Gasteiger partial charge in [0.15, 0.2) is 4.80 Å². The minimum absolute atomic E-state index is 0.0749. The third kappa shape index (κ3) is 4.01. The first-order valence-electron chi connectivity index (χ1n) is 11.8. The lowest BCUT2D eigenvalue weighted by Crippen LogP contribution is -2.38. The highest BCUT2D eigenvalue weighted by Gasteiger charge is 2.32. The molecule has 2 aliphatic rings. The van der Waals surface area contributed by atoms with Crippen LogP contribution in [0.25, 0.3) is 11.8 Å². The van der Waals surface area contributed by atoms with Crippen molar-refractivity contribution < 1.29 is 4.74 Å². The highest BCUT2D eigenvalue weighted by molar-refractivity contribution is 7.07. The van der Waals surface area contributed by atoms with E-state index in [1.54, 1.807) is 12.1 Å². The van der Waals surface area contributed by atoms with E-state index in [1.807, 2.05) is 41.8 Å². The summed E-state index contributed by atoms with van der Waals surface area (Å²) >= 11 is 13.9. The fraction of sp³-hybridized carbons (Fsp3) is 0.172. The van der Waals surface area contributed by atoms with E-state index in [-0.39, 0.29) is 11.6 Å². The summed E-state index contributed by atoms with van der Waals surface area (Å²) in [7, 11) is 0. The molecule has 6 rings (SSSR count). The van der Waals surface area contributed by atoms with Crippen LogP contribution in [0.4, 0.5) is 0 Å². The van der Waals surface area contributed by atoms with E-state index in [0.29, 0.717) is 26.0 Å². The summed E-state index contributed by atoms with van der Waals surface area (Å²) < 4.78 is 8.08. The van der Waals surface area contributed by atoms with Gasteiger partial charge in [-0.05, 0) is 72.4 Å². The molecule has 1 unspecified atom stereocenters. The topological polar surface area (TPSA) is 43.6 Å². The molecule has 2 heterocycles. The van der Waals surface area contributed by atoms with Gasteiger partial charge in [-0.15, -0.1) is 0 Å². The standard InChI is InChI=1S/C29H22Cl2N2O2S/c1-2-35-21-12-8-18(9-13-21)27-23-14-10-17-5-3-4-6-22(17)26(23)32-29-33(27)28(34)25(36-29)15-19-7-11-20(30)16-24(19)31/h3-9,11-13,15-16,27H,2,10,14H2,1H3. The number of rotatable bonds is 4. The number of allylic oxidation sites excluding steroid dienone is 1. The highest BCUT2D eigenvalue weighted by Crippen LogP contribution is 2.41. The van der Waals surface area contributed by atoms with Crippen LogP contribution >= 0.6 is 34.5 Å². The fourth-order valence-electron chi connectivity index (χ4n) is 5.00. The van der Waals surface area contributed by atoms with Gasteiger partial charge in [-0.1, -0.05) is 77.0 Å². The van der Waals surface area contributed by atoms with E-state index < -0.39 is 0 Å². The molecule has 0 spiro atoms. The van der Waals surface area contributed by atoms with E-state index >= 15 is 0 Å². The molecule has 0 fully saturated rings. The average Bonchev–Trinajstić information content (AvgIpc) is 3.19. The van der Waals surface area contributed by atoms with Crippen molar-refractivity contribution in [3.8, 4) is 5.75 Å². The third-order valence-electron chi connectivity index (χ3n) is 6.63. The number of aromatic nitrogens is 1. The summed E-state index contributed by atoms with van der Waals surface area (Å²) in [5.74, 6) is 0.814. The van der Waals surface area contributed by atoms with Crippen LogP contribution in [0.1, 0.15) is 41.6 Å². The number of fused-ring (bicyclic) bond motifs is 3. The number of nitrogens with zero attached hydrogens (tertiary/aromatic N) is 2. The molecule has 0 bridgehead atoms. The van der Waals surface area contributed by atoms with Crippen molar-refractivity contribution in [1.29, 1.82) is 0 Å². The Morgan fingerprint density at radius 3 is 2.67 bits per heavy atom. The molecular weight excluding hydrogens is 511 g/mol. The SMILES string of the molecule is CCOc1ccc(C2C3=C(N=c4sc(=Cc5ccc(Cl)cc5Cl)c(=O)n42)c2ccccc2CC3)cc1. The highest BCUT2D eigenvalue weighted by atomic mass is 35.5. The van der Waals surface area contributed by atoms with Gasteiger partial charge in [0.05, 0.1) is 22.9 Å². The molecule has 180 valence electrons. The lowest BCUT2D eigenvalue weighted by Gasteiger charge is -2.30. The van der Waals surface area contributed by atoms with E-state index in [1.165, 1.54) is 22.5 Å². The van der Waals surface area contributed by atoms with Crippen molar-refractivity contribution in [2.24, 2.45) is 4.99 Å². The predicted octanol–water partition coefficient (Wildman–Crippen LogP) is 6.02. The molecule has 0 saturated carbocycles. The summed E-state index contributed by atoms with van der Waals surface area (Å²) in [5, 5.41) is 1.06. The Labute approximate surface area is 222 Å². The first-order chi connectivity index (χ1) is 17.5. The molecule has 1 aromatic heterocycles. The lowest BCUT2D eigenvalue weighted by atomic mass is 9.83. The van der Waals surface area contributed by atoms with Crippen LogP contribution in [0, 0.1) is 0 Å². The first kappa shape index (κ1) is 23.3. The third-order valence-corrected chi connectivity index (χ3v) is 8.17. The van der Waals surface area contributed by atoms with Crippen molar-refractivity contribution in [2.75, 3.05) is 6.61 Å². The monoisotopic (exact) mass is 532 g/mol.